The lowest BCUT2D eigenvalue weighted by Gasteiger charge is -2.13. The van der Waals surface area contributed by atoms with Crippen LogP contribution in [0.1, 0.15) is 19.3 Å². The van der Waals surface area contributed by atoms with E-state index in [-0.39, 0.29) is 25.8 Å². The van der Waals surface area contributed by atoms with Crippen molar-refractivity contribution in [3.8, 4) is 0 Å². The zero-order valence-electron chi connectivity index (χ0n) is 9.79. The van der Waals surface area contributed by atoms with Crippen LogP contribution in [0, 0.1) is 0 Å². The Balaban J connectivity index is 3.87. The first-order valence-corrected chi connectivity index (χ1v) is 5.28. The number of rotatable bonds is 7. The number of unbranched alkanes of at least 4 members (excludes halogenated alkanes) is 1. The topological polar surface area (TPSA) is 95.5 Å². The molecule has 19 heavy (non-hydrogen) atoms. The number of hydrogen-bond acceptors (Lipinski definition) is 3. The van der Waals surface area contributed by atoms with Crippen LogP contribution in [0.25, 0.3) is 0 Å². The van der Waals surface area contributed by atoms with Crippen molar-refractivity contribution < 1.29 is 32.7 Å². The Hall–Kier alpha value is -1.74. The summed E-state index contributed by atoms with van der Waals surface area (Å²) < 4.78 is 35.4. The molecule has 0 aromatic carbocycles. The van der Waals surface area contributed by atoms with Crippen LogP contribution in [0.4, 0.5) is 18.0 Å². The van der Waals surface area contributed by atoms with Gasteiger partial charge in [-0.1, -0.05) is 0 Å². The molecule has 0 aliphatic carbocycles. The van der Waals surface area contributed by atoms with Crippen LogP contribution in [0.3, 0.4) is 0 Å². The van der Waals surface area contributed by atoms with E-state index >= 15 is 0 Å². The Morgan fingerprint density at radius 2 is 1.79 bits per heavy atom. The SMILES string of the molecule is [B]C(=O)N[C@@H](CCCCNC(=O)C(F)(F)F)C(=O)O. The summed E-state index contributed by atoms with van der Waals surface area (Å²) >= 11 is 0. The van der Waals surface area contributed by atoms with E-state index in [4.69, 9.17) is 13.0 Å². The smallest absolute Gasteiger partial charge is 0.471 e. The van der Waals surface area contributed by atoms with E-state index in [1.165, 1.54) is 0 Å². The monoisotopic (exact) mass is 280 g/mol. The normalized spacial score (nSPS) is 12.6. The first kappa shape index (κ1) is 17.3. The highest BCUT2D eigenvalue weighted by atomic mass is 19.4. The zero-order valence-corrected chi connectivity index (χ0v) is 9.79. The standard InChI is InChI=1S/C9H12BF3N2O4/c10-8(19)15-5(6(16)17)3-1-2-4-14-7(18)9(11,12)13/h5H,1-4H2,(H,14,18)(H,15,19)(H,16,17)/t5-/m0/s1. The van der Waals surface area contributed by atoms with Gasteiger partial charge < -0.3 is 15.7 Å². The number of hydrogen-bond donors (Lipinski definition) is 3. The molecular formula is C9H12BF3N2O4. The fourth-order valence-electron chi connectivity index (χ4n) is 1.20. The molecule has 0 unspecified atom stereocenters. The van der Waals surface area contributed by atoms with Crippen molar-refractivity contribution in [1.29, 1.82) is 0 Å². The summed E-state index contributed by atoms with van der Waals surface area (Å²) in [5.41, 5.74) is 0. The minimum atomic E-state index is -4.93. The van der Waals surface area contributed by atoms with Crippen LogP contribution in [-0.2, 0) is 9.59 Å². The number of carbonyl (C=O) groups excluding carboxylic acids is 2. The second-order valence-electron chi connectivity index (χ2n) is 3.65. The molecule has 0 aliphatic heterocycles. The molecule has 2 amide bonds. The largest absolute Gasteiger partial charge is 0.480 e. The minimum absolute atomic E-state index is 0.000160. The highest BCUT2D eigenvalue weighted by molar-refractivity contribution is 6.57. The van der Waals surface area contributed by atoms with E-state index in [9.17, 15) is 27.6 Å². The molecule has 1 atom stereocenters. The average Bonchev–Trinajstić information content (AvgIpc) is 2.24. The lowest BCUT2D eigenvalue weighted by Crippen LogP contribution is -2.40. The van der Waals surface area contributed by atoms with Crippen molar-refractivity contribution in [2.75, 3.05) is 6.54 Å². The molecular weight excluding hydrogens is 268 g/mol. The summed E-state index contributed by atoms with van der Waals surface area (Å²) in [5.74, 6) is -4.34. The molecule has 0 aromatic heterocycles. The lowest BCUT2D eigenvalue weighted by atomic mass is 10.1. The van der Waals surface area contributed by atoms with Gasteiger partial charge in [-0.2, -0.15) is 13.2 Å². The van der Waals surface area contributed by atoms with Gasteiger partial charge in [0.1, 0.15) is 6.04 Å². The molecule has 0 spiro atoms. The van der Waals surface area contributed by atoms with Gasteiger partial charge in [0.05, 0.1) is 0 Å². The van der Waals surface area contributed by atoms with E-state index in [2.05, 4.69) is 0 Å². The Labute approximate surface area is 108 Å². The Kier molecular flexibility index (Phi) is 6.95. The second kappa shape index (κ2) is 7.65. The molecule has 0 rings (SSSR count). The number of carbonyl (C=O) groups is 3. The van der Waals surface area contributed by atoms with Crippen molar-refractivity contribution in [1.82, 2.24) is 10.6 Å². The fourth-order valence-corrected chi connectivity index (χ4v) is 1.20. The highest BCUT2D eigenvalue weighted by Crippen LogP contribution is 2.14. The summed E-state index contributed by atoms with van der Waals surface area (Å²) in [6.07, 6.45) is -4.58. The third kappa shape index (κ3) is 8.06. The molecule has 0 saturated carbocycles. The first-order chi connectivity index (χ1) is 8.64. The number of nitrogens with one attached hydrogen (secondary N) is 2. The van der Waals surface area contributed by atoms with Gasteiger partial charge in [0.25, 0.3) is 0 Å². The van der Waals surface area contributed by atoms with Gasteiger partial charge in [-0.05, 0) is 19.3 Å². The van der Waals surface area contributed by atoms with Gasteiger partial charge in [0, 0.05) is 6.54 Å². The molecule has 0 saturated heterocycles. The number of carboxylic acid groups (broad SMARTS) is 1. The molecule has 106 valence electrons. The van der Waals surface area contributed by atoms with Crippen molar-refractivity contribution in [3.05, 3.63) is 0 Å². The molecule has 10 heteroatoms. The second-order valence-corrected chi connectivity index (χ2v) is 3.65. The van der Waals surface area contributed by atoms with Gasteiger partial charge >= 0.3 is 18.1 Å². The molecule has 3 N–H and O–H groups in total. The summed E-state index contributed by atoms with van der Waals surface area (Å²) in [5, 5.41) is 12.3. The molecule has 0 aliphatic rings. The quantitative estimate of drug-likeness (QED) is 0.457. The van der Waals surface area contributed by atoms with Crippen molar-refractivity contribution in [3.63, 3.8) is 0 Å². The Morgan fingerprint density at radius 1 is 1.21 bits per heavy atom. The van der Waals surface area contributed by atoms with Crippen LogP contribution >= 0.6 is 0 Å². The van der Waals surface area contributed by atoms with E-state index in [0.29, 0.717) is 0 Å². The van der Waals surface area contributed by atoms with Crippen LogP contribution in [0.15, 0.2) is 0 Å². The number of carboxylic acids is 1. The van der Waals surface area contributed by atoms with Crippen LogP contribution < -0.4 is 10.6 Å². The van der Waals surface area contributed by atoms with Crippen LogP contribution in [0.2, 0.25) is 0 Å². The fraction of sp³-hybridized carbons (Fsp3) is 0.667. The van der Waals surface area contributed by atoms with E-state index in [1.807, 2.05) is 5.32 Å². The van der Waals surface area contributed by atoms with E-state index in [1.54, 1.807) is 5.32 Å². The molecule has 6 nitrogen and oxygen atoms in total. The number of alkyl halides is 3. The minimum Gasteiger partial charge on any atom is -0.480 e. The van der Waals surface area contributed by atoms with Crippen LogP contribution in [0.5, 0.6) is 0 Å². The lowest BCUT2D eigenvalue weighted by molar-refractivity contribution is -0.173. The van der Waals surface area contributed by atoms with Gasteiger partial charge in [-0.3, -0.25) is 9.59 Å². The Morgan fingerprint density at radius 3 is 2.21 bits per heavy atom. The van der Waals surface area contributed by atoms with E-state index < -0.39 is 29.9 Å². The zero-order chi connectivity index (χ0) is 15.1. The summed E-state index contributed by atoms with van der Waals surface area (Å²) in [4.78, 5) is 31.5. The van der Waals surface area contributed by atoms with Crippen molar-refractivity contribution in [2.45, 2.75) is 31.5 Å². The summed E-state index contributed by atoms with van der Waals surface area (Å²) in [6, 6.07) is -1.20. The van der Waals surface area contributed by atoms with Gasteiger partial charge in [-0.15, -0.1) is 0 Å². The van der Waals surface area contributed by atoms with Crippen molar-refractivity contribution in [2.24, 2.45) is 0 Å². The third-order valence-electron chi connectivity index (χ3n) is 2.08. The predicted molar refractivity (Wildman–Crippen MR) is 58.6 cm³/mol. The molecule has 0 aromatic rings. The first-order valence-electron chi connectivity index (χ1n) is 5.28. The number of halogens is 3. The average molecular weight is 280 g/mol. The Bertz CT molecular complexity index is 349. The maximum atomic E-state index is 11.8. The number of amides is 2. The summed E-state index contributed by atoms with van der Waals surface area (Å²) in [7, 11) is 4.75. The van der Waals surface area contributed by atoms with Crippen LogP contribution in [-0.4, -0.2) is 49.4 Å². The van der Waals surface area contributed by atoms with Gasteiger partial charge in [0.2, 0.25) is 7.85 Å². The predicted octanol–water partition coefficient (Wildman–Crippen LogP) is 0.167. The third-order valence-corrected chi connectivity index (χ3v) is 2.08. The molecule has 0 fully saturated rings. The highest BCUT2D eigenvalue weighted by Gasteiger charge is 2.38. The van der Waals surface area contributed by atoms with Gasteiger partial charge in [0.15, 0.2) is 5.81 Å². The maximum Gasteiger partial charge on any atom is 0.471 e. The van der Waals surface area contributed by atoms with Crippen molar-refractivity contribution >= 4 is 25.5 Å². The number of aliphatic carboxylic acids is 1. The maximum absolute atomic E-state index is 11.8. The molecule has 0 heterocycles. The van der Waals surface area contributed by atoms with Gasteiger partial charge in [-0.25, -0.2) is 4.79 Å². The molecule has 0 bridgehead atoms. The summed E-state index contributed by atoms with van der Waals surface area (Å²) in [6.45, 7) is -0.235. The molecule has 2 radical (unpaired) electrons. The van der Waals surface area contributed by atoms with E-state index in [0.717, 1.165) is 0 Å².